The van der Waals surface area contributed by atoms with E-state index >= 15 is 0 Å². The molecule has 20 heavy (non-hydrogen) atoms. The van der Waals surface area contributed by atoms with Gasteiger partial charge >= 0.3 is 5.97 Å². The van der Waals surface area contributed by atoms with Gasteiger partial charge in [-0.3, -0.25) is 9.78 Å². The van der Waals surface area contributed by atoms with Crippen molar-refractivity contribution >= 4 is 33.8 Å². The van der Waals surface area contributed by atoms with Crippen molar-refractivity contribution < 1.29 is 9.53 Å². The molecule has 2 aromatic rings. The summed E-state index contributed by atoms with van der Waals surface area (Å²) in [5.41, 5.74) is 1.80. The number of nitrogens with zero attached hydrogens (tertiary/aromatic N) is 2. The average molecular weight is 311 g/mol. The van der Waals surface area contributed by atoms with Crippen molar-refractivity contribution in [2.75, 3.05) is 11.9 Å². The van der Waals surface area contributed by atoms with Gasteiger partial charge in [-0.1, -0.05) is 0 Å². The van der Waals surface area contributed by atoms with Gasteiger partial charge < -0.3 is 10.1 Å². The van der Waals surface area contributed by atoms with Crippen LogP contribution in [0.25, 0.3) is 0 Å². The summed E-state index contributed by atoms with van der Waals surface area (Å²) >= 11 is 3.08. The molecule has 0 radical (unpaired) electrons. The number of hydrogen-bond acceptors (Lipinski definition) is 7. The zero-order valence-corrected chi connectivity index (χ0v) is 13.3. The van der Waals surface area contributed by atoms with Crippen molar-refractivity contribution in [3.05, 3.63) is 27.7 Å². The smallest absolute Gasteiger partial charge is 0.317 e. The van der Waals surface area contributed by atoms with Crippen LogP contribution in [0, 0.1) is 0 Å². The summed E-state index contributed by atoms with van der Waals surface area (Å²) in [5, 5.41) is 5.93. The number of aromatic nitrogens is 2. The van der Waals surface area contributed by atoms with Crippen LogP contribution in [0.15, 0.2) is 17.1 Å². The second kappa shape index (κ2) is 6.32. The van der Waals surface area contributed by atoms with Gasteiger partial charge in [0.2, 0.25) is 0 Å². The molecule has 0 spiro atoms. The monoisotopic (exact) mass is 311 g/mol. The van der Waals surface area contributed by atoms with Crippen molar-refractivity contribution in [3.63, 3.8) is 0 Å². The number of ether oxygens (including phenoxy) is 1. The van der Waals surface area contributed by atoms with Crippen molar-refractivity contribution in [2.24, 2.45) is 0 Å². The van der Waals surface area contributed by atoms with E-state index in [9.17, 15) is 4.79 Å². The topological polar surface area (TPSA) is 64.1 Å². The highest BCUT2D eigenvalue weighted by Gasteiger charge is 2.33. The fraction of sp³-hybridized carbons (Fsp3) is 0.462. The van der Waals surface area contributed by atoms with Gasteiger partial charge in [0, 0.05) is 16.5 Å². The van der Waals surface area contributed by atoms with E-state index in [1.807, 2.05) is 25.4 Å². The third-order valence-corrected chi connectivity index (χ3v) is 4.41. The van der Waals surface area contributed by atoms with Gasteiger partial charge in [0.1, 0.15) is 5.41 Å². The van der Waals surface area contributed by atoms with E-state index in [1.165, 1.54) is 11.3 Å². The molecule has 0 aliphatic heterocycles. The minimum Gasteiger partial charge on any atom is -0.465 e. The molecule has 2 rings (SSSR count). The normalized spacial score (nSPS) is 11.3. The Labute approximate surface area is 126 Å². The fourth-order valence-electron chi connectivity index (χ4n) is 1.55. The number of rotatable bonds is 6. The molecule has 7 heteroatoms. The highest BCUT2D eigenvalue weighted by atomic mass is 32.1. The quantitative estimate of drug-likeness (QED) is 0.831. The van der Waals surface area contributed by atoms with Crippen LogP contribution < -0.4 is 5.32 Å². The Kier molecular flexibility index (Phi) is 4.72. The summed E-state index contributed by atoms with van der Waals surface area (Å²) in [4.78, 5) is 21.6. The SMILES string of the molecule is CCOC(=O)C(C)(C)c1csc(NCc2cncs2)n1. The Balaban J connectivity index is 2.02. The van der Waals surface area contributed by atoms with E-state index in [0.717, 1.165) is 15.7 Å². The Hall–Kier alpha value is -1.47. The molecule has 2 heterocycles. The first-order valence-corrected chi connectivity index (χ1v) is 8.04. The van der Waals surface area contributed by atoms with Gasteiger partial charge in [-0.25, -0.2) is 4.98 Å². The molecule has 0 unspecified atom stereocenters. The van der Waals surface area contributed by atoms with Gasteiger partial charge in [0.15, 0.2) is 5.13 Å². The first-order valence-electron chi connectivity index (χ1n) is 6.28. The molecule has 0 saturated heterocycles. The highest BCUT2D eigenvalue weighted by Crippen LogP contribution is 2.28. The zero-order chi connectivity index (χ0) is 14.6. The van der Waals surface area contributed by atoms with Gasteiger partial charge in [0.05, 0.1) is 24.4 Å². The van der Waals surface area contributed by atoms with E-state index in [1.54, 1.807) is 23.8 Å². The number of carbonyl (C=O) groups excluding carboxylic acids is 1. The van der Waals surface area contributed by atoms with Crippen LogP contribution in [0.5, 0.6) is 0 Å². The number of nitrogens with one attached hydrogen (secondary N) is 1. The number of carbonyl (C=O) groups is 1. The molecule has 0 saturated carbocycles. The maximum Gasteiger partial charge on any atom is 0.317 e. The van der Waals surface area contributed by atoms with Crippen LogP contribution in [0.1, 0.15) is 31.3 Å². The number of anilines is 1. The van der Waals surface area contributed by atoms with Crippen LogP contribution in [0.2, 0.25) is 0 Å². The molecule has 5 nitrogen and oxygen atoms in total. The van der Waals surface area contributed by atoms with Crippen LogP contribution in [-0.4, -0.2) is 22.5 Å². The maximum absolute atomic E-state index is 11.9. The lowest BCUT2D eigenvalue weighted by atomic mass is 9.90. The second-order valence-electron chi connectivity index (χ2n) is 4.70. The highest BCUT2D eigenvalue weighted by molar-refractivity contribution is 7.13. The summed E-state index contributed by atoms with van der Waals surface area (Å²) in [6.07, 6.45) is 1.83. The summed E-state index contributed by atoms with van der Waals surface area (Å²) in [6, 6.07) is 0. The molecule has 0 aliphatic carbocycles. The van der Waals surface area contributed by atoms with Crippen molar-refractivity contribution in [3.8, 4) is 0 Å². The van der Waals surface area contributed by atoms with E-state index in [4.69, 9.17) is 4.74 Å². The van der Waals surface area contributed by atoms with E-state index in [-0.39, 0.29) is 5.97 Å². The summed E-state index contributed by atoms with van der Waals surface area (Å²) < 4.78 is 5.09. The number of esters is 1. The molecule has 0 aromatic carbocycles. The van der Waals surface area contributed by atoms with Gasteiger partial charge in [-0.15, -0.1) is 22.7 Å². The van der Waals surface area contributed by atoms with Crippen LogP contribution in [-0.2, 0) is 21.5 Å². The molecule has 0 atom stereocenters. The molecule has 0 amide bonds. The Morgan fingerprint density at radius 3 is 2.90 bits per heavy atom. The molecular formula is C13H17N3O2S2. The third-order valence-electron chi connectivity index (χ3n) is 2.83. The van der Waals surface area contributed by atoms with Gasteiger partial charge in [-0.2, -0.15) is 0 Å². The summed E-state index contributed by atoms with van der Waals surface area (Å²) in [6.45, 7) is 6.53. The minimum absolute atomic E-state index is 0.251. The van der Waals surface area contributed by atoms with E-state index < -0.39 is 5.41 Å². The van der Waals surface area contributed by atoms with E-state index in [0.29, 0.717) is 13.2 Å². The standard InChI is InChI=1S/C13H17N3O2S2/c1-4-18-11(17)13(2,3)10-7-19-12(16-10)15-6-9-5-14-8-20-9/h5,7-8H,4,6H2,1-3H3,(H,15,16). The molecule has 108 valence electrons. The average Bonchev–Trinajstić information content (AvgIpc) is 3.08. The predicted octanol–water partition coefficient (Wildman–Crippen LogP) is 3.05. The zero-order valence-electron chi connectivity index (χ0n) is 11.7. The second-order valence-corrected chi connectivity index (χ2v) is 6.53. The Morgan fingerprint density at radius 1 is 1.45 bits per heavy atom. The van der Waals surface area contributed by atoms with Crippen molar-refractivity contribution in [2.45, 2.75) is 32.7 Å². The van der Waals surface area contributed by atoms with Crippen LogP contribution in [0.4, 0.5) is 5.13 Å². The molecule has 2 aromatic heterocycles. The van der Waals surface area contributed by atoms with Crippen LogP contribution in [0.3, 0.4) is 0 Å². The summed E-state index contributed by atoms with van der Waals surface area (Å²) in [7, 11) is 0. The summed E-state index contributed by atoms with van der Waals surface area (Å²) in [5.74, 6) is -0.251. The van der Waals surface area contributed by atoms with E-state index in [2.05, 4.69) is 15.3 Å². The fourth-order valence-corrected chi connectivity index (χ4v) is 2.96. The Bertz CT molecular complexity index is 564. The predicted molar refractivity (Wildman–Crippen MR) is 81.2 cm³/mol. The Morgan fingerprint density at radius 2 is 2.25 bits per heavy atom. The lowest BCUT2D eigenvalue weighted by molar-refractivity contribution is -0.148. The first kappa shape index (κ1) is 14.9. The largest absolute Gasteiger partial charge is 0.465 e. The minimum atomic E-state index is -0.725. The van der Waals surface area contributed by atoms with Gasteiger partial charge in [-0.05, 0) is 20.8 Å². The maximum atomic E-state index is 11.9. The van der Waals surface area contributed by atoms with Crippen molar-refractivity contribution in [1.29, 1.82) is 0 Å². The van der Waals surface area contributed by atoms with Crippen LogP contribution >= 0.6 is 22.7 Å². The molecule has 0 fully saturated rings. The first-order chi connectivity index (χ1) is 9.54. The molecule has 1 N–H and O–H groups in total. The van der Waals surface area contributed by atoms with Crippen molar-refractivity contribution in [1.82, 2.24) is 9.97 Å². The lowest BCUT2D eigenvalue weighted by Gasteiger charge is -2.19. The van der Waals surface area contributed by atoms with Gasteiger partial charge in [0.25, 0.3) is 0 Å². The molecule has 0 bridgehead atoms. The number of thiazole rings is 2. The number of hydrogen-bond donors (Lipinski definition) is 1. The molecule has 0 aliphatic rings. The molecular weight excluding hydrogens is 294 g/mol. The third kappa shape index (κ3) is 3.34. The lowest BCUT2D eigenvalue weighted by Crippen LogP contribution is -2.31.